The molecule has 0 aliphatic heterocycles. The van der Waals surface area contributed by atoms with Gasteiger partial charge in [0, 0.05) is 12.6 Å². The fourth-order valence-electron chi connectivity index (χ4n) is 1.57. The number of rotatable bonds is 5. The highest BCUT2D eigenvalue weighted by Crippen LogP contribution is 2.25. The van der Waals surface area contributed by atoms with Crippen molar-refractivity contribution in [2.75, 3.05) is 13.7 Å². The minimum absolute atomic E-state index is 0.0541. The maximum atomic E-state index is 12.7. The Balaban J connectivity index is 2.99. The highest BCUT2D eigenvalue weighted by atomic mass is 35.5. The first-order chi connectivity index (χ1) is 11.1. The van der Waals surface area contributed by atoms with Crippen molar-refractivity contribution in [3.8, 4) is 0 Å². The van der Waals surface area contributed by atoms with Crippen LogP contribution in [0.3, 0.4) is 0 Å². The number of alkyl halides is 3. The first-order valence-corrected chi connectivity index (χ1v) is 6.71. The number of amidine groups is 1. The van der Waals surface area contributed by atoms with Gasteiger partial charge in [-0.3, -0.25) is 9.79 Å². The molecular formula is C14H13ClF3N3O3. The summed E-state index contributed by atoms with van der Waals surface area (Å²) in [4.78, 5) is 27.0. The van der Waals surface area contributed by atoms with E-state index < -0.39 is 41.6 Å². The van der Waals surface area contributed by atoms with Crippen LogP contribution in [0.25, 0.3) is 0 Å². The van der Waals surface area contributed by atoms with Gasteiger partial charge in [0.25, 0.3) is 0 Å². The Morgan fingerprint density at radius 2 is 1.83 bits per heavy atom. The van der Waals surface area contributed by atoms with Gasteiger partial charge in [-0.2, -0.15) is 13.2 Å². The summed E-state index contributed by atoms with van der Waals surface area (Å²) in [6, 6.07) is 5.91. The van der Waals surface area contributed by atoms with Gasteiger partial charge in [0.2, 0.25) is 5.78 Å². The van der Waals surface area contributed by atoms with Gasteiger partial charge < -0.3 is 16.2 Å². The van der Waals surface area contributed by atoms with E-state index >= 15 is 0 Å². The predicted molar refractivity (Wildman–Crippen MR) is 81.6 cm³/mol. The van der Waals surface area contributed by atoms with Crippen molar-refractivity contribution in [1.82, 2.24) is 0 Å². The summed E-state index contributed by atoms with van der Waals surface area (Å²) < 4.78 is 42.6. The topological polar surface area (TPSA) is 108 Å². The van der Waals surface area contributed by atoms with E-state index in [1.165, 1.54) is 18.2 Å². The molecule has 24 heavy (non-hydrogen) atoms. The Bertz CT molecular complexity index is 715. The lowest BCUT2D eigenvalue weighted by molar-refractivity contribution is -0.138. The Hall–Kier alpha value is -2.55. The van der Waals surface area contributed by atoms with Crippen molar-refractivity contribution in [3.63, 3.8) is 0 Å². The van der Waals surface area contributed by atoms with E-state index in [0.29, 0.717) is 0 Å². The van der Waals surface area contributed by atoms with Crippen LogP contribution in [0, 0.1) is 0 Å². The van der Waals surface area contributed by atoms with Crippen molar-refractivity contribution in [2.45, 2.75) is 6.18 Å². The molecule has 0 fully saturated rings. The lowest BCUT2D eigenvalue weighted by Crippen LogP contribution is -2.33. The molecule has 1 aromatic rings. The van der Waals surface area contributed by atoms with Crippen LogP contribution in [0.1, 0.15) is 10.4 Å². The normalized spacial score (nSPS) is 13.3. The Kier molecular flexibility index (Phi) is 6.35. The summed E-state index contributed by atoms with van der Waals surface area (Å²) in [7, 11) is 1.07. The molecule has 0 amide bonds. The lowest BCUT2D eigenvalue weighted by atomic mass is 10.1. The second kappa shape index (κ2) is 7.82. The highest BCUT2D eigenvalue weighted by Gasteiger charge is 2.38. The molecule has 0 aliphatic rings. The number of nitrogens with two attached hydrogens (primary N) is 2. The number of allylic oxidation sites excluding steroid dienone is 1. The van der Waals surface area contributed by atoms with Crippen LogP contribution in [-0.4, -0.2) is 37.4 Å². The van der Waals surface area contributed by atoms with Crippen LogP contribution in [0.2, 0.25) is 5.02 Å². The van der Waals surface area contributed by atoms with Gasteiger partial charge >= 0.3 is 12.1 Å². The van der Waals surface area contributed by atoms with Gasteiger partial charge in [0.1, 0.15) is 17.1 Å². The average Bonchev–Trinajstić information content (AvgIpc) is 2.52. The minimum Gasteiger partial charge on any atom is -0.454 e. The monoisotopic (exact) mass is 363 g/mol. The summed E-state index contributed by atoms with van der Waals surface area (Å²) in [6.45, 7) is -0.839. The molecule has 6 nitrogen and oxygen atoms in total. The largest absolute Gasteiger partial charge is 0.454 e. The second-order valence-corrected chi connectivity index (χ2v) is 4.78. The van der Waals surface area contributed by atoms with Gasteiger partial charge in [-0.05, 0) is 12.1 Å². The van der Waals surface area contributed by atoms with Crippen molar-refractivity contribution in [2.24, 2.45) is 16.5 Å². The molecule has 0 saturated carbocycles. The van der Waals surface area contributed by atoms with Gasteiger partial charge in [-0.15, -0.1) is 0 Å². The number of ether oxygens (including phenoxy) is 1. The summed E-state index contributed by atoms with van der Waals surface area (Å²) in [5, 5.41) is 0.110. The van der Waals surface area contributed by atoms with Crippen LogP contribution in [-0.2, 0) is 9.53 Å². The first kappa shape index (κ1) is 19.5. The molecule has 0 aliphatic carbocycles. The first-order valence-electron chi connectivity index (χ1n) is 6.34. The molecule has 1 aromatic carbocycles. The van der Waals surface area contributed by atoms with E-state index in [2.05, 4.69) is 9.73 Å². The molecule has 0 saturated heterocycles. The smallest absolute Gasteiger partial charge is 0.431 e. The van der Waals surface area contributed by atoms with Crippen molar-refractivity contribution in [1.29, 1.82) is 0 Å². The van der Waals surface area contributed by atoms with Gasteiger partial charge in [0.15, 0.2) is 6.61 Å². The van der Waals surface area contributed by atoms with Crippen LogP contribution < -0.4 is 11.5 Å². The Morgan fingerprint density at radius 1 is 1.25 bits per heavy atom. The summed E-state index contributed by atoms with van der Waals surface area (Å²) in [5.41, 5.74) is 7.30. The van der Waals surface area contributed by atoms with Crippen LogP contribution in [0.4, 0.5) is 13.2 Å². The third-order valence-electron chi connectivity index (χ3n) is 2.78. The lowest BCUT2D eigenvalue weighted by Gasteiger charge is -2.13. The van der Waals surface area contributed by atoms with Crippen molar-refractivity contribution >= 4 is 29.2 Å². The second-order valence-electron chi connectivity index (χ2n) is 4.37. The number of carbonyl (C=O) groups excluding carboxylic acids is 2. The highest BCUT2D eigenvalue weighted by molar-refractivity contribution is 6.34. The van der Waals surface area contributed by atoms with Crippen LogP contribution in [0.15, 0.2) is 40.5 Å². The SMILES string of the molecule is CN=C(N)C(C(=O)OCC(=O)c1ccccc1Cl)=C(N)C(F)(F)F. The number of aliphatic imine (C=N–C) groups is 1. The maximum Gasteiger partial charge on any atom is 0.431 e. The quantitative estimate of drug-likeness (QED) is 0.273. The zero-order chi connectivity index (χ0) is 18.5. The number of nitrogens with zero attached hydrogens (tertiary/aromatic N) is 1. The Morgan fingerprint density at radius 3 is 2.33 bits per heavy atom. The standard InChI is InChI=1S/C14H13ClF3N3O3/c1-21-12(20)10(11(19)14(16,17)18)13(23)24-6-9(22)7-4-2-3-5-8(7)15/h2-5H,6,19H2,1H3,(H2,20,21). The van der Waals surface area contributed by atoms with Crippen molar-refractivity contribution < 1.29 is 27.5 Å². The van der Waals surface area contributed by atoms with E-state index in [9.17, 15) is 22.8 Å². The molecule has 0 spiro atoms. The zero-order valence-electron chi connectivity index (χ0n) is 12.4. The number of hydrogen-bond donors (Lipinski definition) is 2. The molecule has 0 radical (unpaired) electrons. The molecule has 1 rings (SSSR count). The molecule has 10 heteroatoms. The zero-order valence-corrected chi connectivity index (χ0v) is 13.1. The molecule has 0 heterocycles. The third-order valence-corrected chi connectivity index (χ3v) is 3.11. The number of Topliss-reactive ketones (excluding diaryl/α,β-unsaturated/α-hetero) is 1. The predicted octanol–water partition coefficient (Wildman–Crippen LogP) is 1.83. The number of benzene rings is 1. The number of halogens is 4. The number of ketones is 1. The van der Waals surface area contributed by atoms with Crippen LogP contribution in [0.5, 0.6) is 0 Å². The van der Waals surface area contributed by atoms with E-state index in [1.807, 2.05) is 0 Å². The summed E-state index contributed by atoms with van der Waals surface area (Å²) in [5.74, 6) is -2.99. The number of esters is 1. The van der Waals surface area contributed by atoms with Crippen molar-refractivity contribution in [3.05, 3.63) is 46.1 Å². The molecule has 130 valence electrons. The molecule has 4 N–H and O–H groups in total. The number of hydrogen-bond acceptors (Lipinski definition) is 5. The Labute approximate surface area is 139 Å². The molecular weight excluding hydrogens is 351 g/mol. The van der Waals surface area contributed by atoms with E-state index in [0.717, 1.165) is 7.05 Å². The minimum atomic E-state index is -5.02. The molecule has 0 aromatic heterocycles. The summed E-state index contributed by atoms with van der Waals surface area (Å²) >= 11 is 5.80. The van der Waals surface area contributed by atoms with E-state index in [-0.39, 0.29) is 10.6 Å². The molecule has 0 bridgehead atoms. The van der Waals surface area contributed by atoms with Gasteiger partial charge in [-0.25, -0.2) is 4.79 Å². The molecule has 0 unspecified atom stereocenters. The third kappa shape index (κ3) is 4.72. The van der Waals surface area contributed by atoms with Gasteiger partial charge in [0.05, 0.1) is 5.02 Å². The fraction of sp³-hybridized carbons (Fsp3) is 0.214. The maximum absolute atomic E-state index is 12.7. The molecule has 0 atom stereocenters. The number of carbonyl (C=O) groups is 2. The summed E-state index contributed by atoms with van der Waals surface area (Å²) in [6.07, 6.45) is -5.02. The van der Waals surface area contributed by atoms with E-state index in [4.69, 9.17) is 23.1 Å². The average molecular weight is 364 g/mol. The fourth-order valence-corrected chi connectivity index (χ4v) is 1.82. The van der Waals surface area contributed by atoms with Gasteiger partial charge in [-0.1, -0.05) is 23.7 Å². The van der Waals surface area contributed by atoms with E-state index in [1.54, 1.807) is 6.07 Å². The van der Waals surface area contributed by atoms with Crippen LogP contribution >= 0.6 is 11.6 Å².